The Bertz CT molecular complexity index is 1110. The maximum absolute atomic E-state index is 12.8. The number of rotatable bonds is 48. The third-order valence-electron chi connectivity index (χ3n) is 11.2. The van der Waals surface area contributed by atoms with Gasteiger partial charge in [0.2, 0.25) is 0 Å². The Kier molecular flexibility index (Phi) is 50.4. The van der Waals surface area contributed by atoms with Crippen LogP contribution in [0.3, 0.4) is 0 Å². The summed E-state index contributed by atoms with van der Waals surface area (Å²) in [5, 5.41) is 0. The molecule has 5 heteroatoms. The maximum atomic E-state index is 12.8. The molecule has 1 atom stereocenters. The lowest BCUT2D eigenvalue weighted by Gasteiger charge is -2.18. The van der Waals surface area contributed by atoms with E-state index < -0.39 is 6.10 Å². The third kappa shape index (κ3) is 50.0. The molecule has 358 valence electrons. The van der Waals surface area contributed by atoms with Crippen molar-refractivity contribution in [2.45, 2.75) is 258 Å². The van der Waals surface area contributed by atoms with Crippen LogP contribution in [-0.2, 0) is 23.8 Å². The normalized spacial score (nSPS) is 12.8. The summed E-state index contributed by atoms with van der Waals surface area (Å²) in [5.41, 5.74) is 0. The smallest absolute Gasteiger partial charge is 0.306 e. The van der Waals surface area contributed by atoms with E-state index in [9.17, 15) is 9.59 Å². The van der Waals surface area contributed by atoms with Crippen LogP contribution in [0.2, 0.25) is 0 Å². The van der Waals surface area contributed by atoms with Gasteiger partial charge in [-0.05, 0) is 89.9 Å². The minimum atomic E-state index is -0.547. The van der Waals surface area contributed by atoms with Crippen LogP contribution < -0.4 is 0 Å². The van der Waals surface area contributed by atoms with Crippen LogP contribution in [0.4, 0.5) is 0 Å². The monoisotopic (exact) mass is 865 g/mol. The molecular formula is C57H100O5. The maximum Gasteiger partial charge on any atom is 0.306 e. The van der Waals surface area contributed by atoms with E-state index in [0.29, 0.717) is 19.4 Å². The standard InChI is InChI=1S/C57H100O5/c1-4-7-10-13-16-19-22-24-26-27-28-29-30-32-34-37-40-43-46-49-52-60-53-55(62-57(59)51-48-45-42-39-35-21-18-15-12-9-6-3)54-61-56(58)50-47-44-41-38-36-33-31-25-23-20-17-14-11-8-5-2/h7,10,16-17,19-20,24-26,28-29,31,55H,4-6,8-9,11-15,18,21-23,27,30,32-54H2,1-3H3/b10-7-,19-16-,20-17-,26-24-,29-28-,31-25-. The van der Waals surface area contributed by atoms with Crippen LogP contribution in [0.15, 0.2) is 72.9 Å². The largest absolute Gasteiger partial charge is 0.462 e. The first-order chi connectivity index (χ1) is 30.6. The molecule has 0 heterocycles. The first kappa shape index (κ1) is 59.3. The highest BCUT2D eigenvalue weighted by Gasteiger charge is 2.17. The second-order valence-electron chi connectivity index (χ2n) is 17.4. The number of ether oxygens (including phenoxy) is 3. The summed E-state index contributed by atoms with van der Waals surface area (Å²) in [4.78, 5) is 25.4. The van der Waals surface area contributed by atoms with E-state index in [1.807, 2.05) is 0 Å². The summed E-state index contributed by atoms with van der Waals surface area (Å²) in [6.45, 7) is 7.66. The fourth-order valence-electron chi connectivity index (χ4n) is 7.30. The second kappa shape index (κ2) is 52.7. The molecule has 62 heavy (non-hydrogen) atoms. The van der Waals surface area contributed by atoms with Crippen LogP contribution >= 0.6 is 0 Å². The van der Waals surface area contributed by atoms with Gasteiger partial charge in [-0.2, -0.15) is 0 Å². The van der Waals surface area contributed by atoms with Crippen LogP contribution in [0.1, 0.15) is 252 Å². The molecule has 0 radical (unpaired) electrons. The van der Waals surface area contributed by atoms with Gasteiger partial charge in [-0.3, -0.25) is 9.59 Å². The first-order valence-electron chi connectivity index (χ1n) is 26.5. The van der Waals surface area contributed by atoms with Crippen molar-refractivity contribution in [2.75, 3.05) is 19.8 Å². The minimum Gasteiger partial charge on any atom is -0.462 e. The lowest BCUT2D eigenvalue weighted by molar-refractivity contribution is -0.163. The van der Waals surface area contributed by atoms with Gasteiger partial charge in [-0.15, -0.1) is 0 Å². The number of carbonyl (C=O) groups is 2. The highest BCUT2D eigenvalue weighted by atomic mass is 16.6. The van der Waals surface area contributed by atoms with Gasteiger partial charge in [0.15, 0.2) is 6.10 Å². The first-order valence-corrected chi connectivity index (χ1v) is 26.5. The molecule has 5 nitrogen and oxygen atoms in total. The molecule has 0 aliphatic heterocycles. The quantitative estimate of drug-likeness (QED) is 0.0346. The van der Waals surface area contributed by atoms with Gasteiger partial charge in [-0.1, -0.05) is 222 Å². The van der Waals surface area contributed by atoms with E-state index in [4.69, 9.17) is 14.2 Å². The Labute approximate surface area is 385 Å². The predicted octanol–water partition coefficient (Wildman–Crippen LogP) is 17.9. The van der Waals surface area contributed by atoms with Gasteiger partial charge >= 0.3 is 11.9 Å². The zero-order valence-corrected chi connectivity index (χ0v) is 41.1. The van der Waals surface area contributed by atoms with E-state index in [0.717, 1.165) is 83.5 Å². The van der Waals surface area contributed by atoms with E-state index in [1.54, 1.807) is 0 Å². The fraction of sp³-hybridized carbons (Fsp3) is 0.754. The van der Waals surface area contributed by atoms with Crippen molar-refractivity contribution in [2.24, 2.45) is 0 Å². The Hall–Kier alpha value is -2.66. The van der Waals surface area contributed by atoms with Gasteiger partial charge < -0.3 is 14.2 Å². The van der Waals surface area contributed by atoms with E-state index in [-0.39, 0.29) is 25.2 Å². The predicted molar refractivity (Wildman–Crippen MR) is 270 cm³/mol. The van der Waals surface area contributed by atoms with Crippen molar-refractivity contribution in [1.29, 1.82) is 0 Å². The molecule has 0 aromatic rings. The molecule has 0 fully saturated rings. The number of hydrogen-bond donors (Lipinski definition) is 0. The summed E-state index contributed by atoms with van der Waals surface area (Å²) in [6, 6.07) is 0. The van der Waals surface area contributed by atoms with Crippen molar-refractivity contribution in [3.63, 3.8) is 0 Å². The highest BCUT2D eigenvalue weighted by Crippen LogP contribution is 2.14. The van der Waals surface area contributed by atoms with Crippen LogP contribution in [0, 0.1) is 0 Å². The minimum absolute atomic E-state index is 0.0734. The number of unbranched alkanes of at least 4 members (excludes halogenated alkanes) is 25. The molecule has 0 aliphatic rings. The number of carbonyl (C=O) groups excluding carboxylic acids is 2. The third-order valence-corrected chi connectivity index (χ3v) is 11.2. The molecule has 0 aliphatic carbocycles. The van der Waals surface area contributed by atoms with Gasteiger partial charge in [0.05, 0.1) is 6.61 Å². The van der Waals surface area contributed by atoms with Crippen LogP contribution in [-0.4, -0.2) is 37.9 Å². The van der Waals surface area contributed by atoms with E-state index in [2.05, 4.69) is 93.7 Å². The number of esters is 2. The van der Waals surface area contributed by atoms with Crippen molar-refractivity contribution in [1.82, 2.24) is 0 Å². The van der Waals surface area contributed by atoms with Crippen molar-refractivity contribution in [3.8, 4) is 0 Å². The lowest BCUT2D eigenvalue weighted by atomic mass is 10.1. The fourth-order valence-corrected chi connectivity index (χ4v) is 7.30. The molecule has 0 aromatic heterocycles. The lowest BCUT2D eigenvalue weighted by Crippen LogP contribution is -2.30. The Morgan fingerprint density at radius 2 is 0.726 bits per heavy atom. The molecule has 0 amide bonds. The Balaban J connectivity index is 4.26. The summed E-state index contributed by atoms with van der Waals surface area (Å²) < 4.78 is 17.4. The average molecular weight is 865 g/mol. The summed E-state index contributed by atoms with van der Waals surface area (Å²) in [7, 11) is 0. The Morgan fingerprint density at radius 1 is 0.371 bits per heavy atom. The molecule has 0 bridgehead atoms. The zero-order chi connectivity index (χ0) is 44.9. The molecule has 0 rings (SSSR count). The van der Waals surface area contributed by atoms with Crippen LogP contribution in [0.25, 0.3) is 0 Å². The molecule has 0 saturated heterocycles. The van der Waals surface area contributed by atoms with E-state index in [1.165, 1.54) is 135 Å². The Morgan fingerprint density at radius 3 is 1.19 bits per heavy atom. The van der Waals surface area contributed by atoms with Crippen molar-refractivity contribution >= 4 is 11.9 Å². The highest BCUT2D eigenvalue weighted by molar-refractivity contribution is 5.70. The average Bonchev–Trinajstić information content (AvgIpc) is 3.27. The van der Waals surface area contributed by atoms with Crippen molar-refractivity contribution in [3.05, 3.63) is 72.9 Å². The second-order valence-corrected chi connectivity index (χ2v) is 17.4. The van der Waals surface area contributed by atoms with Gasteiger partial charge in [0, 0.05) is 19.4 Å². The van der Waals surface area contributed by atoms with Gasteiger partial charge in [-0.25, -0.2) is 0 Å². The zero-order valence-electron chi connectivity index (χ0n) is 41.1. The van der Waals surface area contributed by atoms with Gasteiger partial charge in [0.1, 0.15) is 6.61 Å². The van der Waals surface area contributed by atoms with Gasteiger partial charge in [0.25, 0.3) is 0 Å². The summed E-state index contributed by atoms with van der Waals surface area (Å²) in [5.74, 6) is -0.415. The van der Waals surface area contributed by atoms with Crippen LogP contribution in [0.5, 0.6) is 0 Å². The molecule has 1 unspecified atom stereocenters. The number of allylic oxidation sites excluding steroid dienone is 12. The molecule has 0 N–H and O–H groups in total. The molecule has 0 saturated carbocycles. The molecular weight excluding hydrogens is 765 g/mol. The summed E-state index contributed by atoms with van der Waals surface area (Å²) >= 11 is 0. The topological polar surface area (TPSA) is 61.8 Å². The SMILES string of the molecule is CC/C=C\C/C=C\C/C=C\C/C=C\CCCCCCCCCOCC(COC(=O)CCCCCCC/C=C\C/C=C\CCCCC)OC(=O)CCCCCCCCCCCCC. The number of hydrogen-bond acceptors (Lipinski definition) is 5. The summed E-state index contributed by atoms with van der Waals surface area (Å²) in [6.07, 6.45) is 67.7. The molecule has 0 spiro atoms. The molecule has 0 aromatic carbocycles. The van der Waals surface area contributed by atoms with Crippen molar-refractivity contribution < 1.29 is 23.8 Å². The van der Waals surface area contributed by atoms with E-state index >= 15 is 0 Å².